The highest BCUT2D eigenvalue weighted by atomic mass is 32.2. The summed E-state index contributed by atoms with van der Waals surface area (Å²) in [6, 6.07) is 17.8. The second kappa shape index (κ2) is 7.66. The highest BCUT2D eigenvalue weighted by molar-refractivity contribution is 7.99. The van der Waals surface area contributed by atoms with Gasteiger partial charge in [-0.25, -0.2) is 4.98 Å². The highest BCUT2D eigenvalue weighted by Crippen LogP contribution is 2.32. The number of ether oxygens (including phenoxy) is 2. The van der Waals surface area contributed by atoms with Gasteiger partial charge in [-0.3, -0.25) is 4.79 Å². The fraction of sp³-hybridized carbons (Fsp3) is 0.200. The average molecular weight is 366 g/mol. The summed E-state index contributed by atoms with van der Waals surface area (Å²) >= 11 is 1.59. The average Bonchev–Trinajstić information content (AvgIpc) is 3.14. The molecule has 0 bridgehead atoms. The molecule has 6 heteroatoms. The van der Waals surface area contributed by atoms with Gasteiger partial charge < -0.3 is 14.8 Å². The third kappa shape index (κ3) is 3.91. The topological polar surface area (TPSA) is 60.5 Å². The summed E-state index contributed by atoms with van der Waals surface area (Å²) in [5.41, 5.74) is 1.97. The fourth-order valence-electron chi connectivity index (χ4n) is 2.72. The zero-order chi connectivity index (χ0) is 17.8. The summed E-state index contributed by atoms with van der Waals surface area (Å²) < 4.78 is 10.6. The minimum atomic E-state index is 0.0240. The molecule has 26 heavy (non-hydrogen) atoms. The van der Waals surface area contributed by atoms with Crippen molar-refractivity contribution in [1.29, 1.82) is 0 Å². The Hall–Kier alpha value is -2.73. The molecule has 5 nitrogen and oxygen atoms in total. The van der Waals surface area contributed by atoms with Gasteiger partial charge in [-0.05, 0) is 29.8 Å². The number of aromatic nitrogens is 1. The number of rotatable bonds is 6. The number of para-hydroxylation sites is 1. The van der Waals surface area contributed by atoms with E-state index in [2.05, 4.69) is 16.4 Å². The van der Waals surface area contributed by atoms with Crippen LogP contribution in [0.5, 0.6) is 11.5 Å². The van der Waals surface area contributed by atoms with Gasteiger partial charge in [0.1, 0.15) is 0 Å². The van der Waals surface area contributed by atoms with E-state index in [0.29, 0.717) is 18.7 Å². The Balaban J connectivity index is 1.24. The van der Waals surface area contributed by atoms with Crippen molar-refractivity contribution < 1.29 is 14.3 Å². The number of nitrogens with zero attached hydrogens (tertiary/aromatic N) is 1. The molecule has 3 aromatic rings. The predicted octanol–water partition coefficient (Wildman–Crippen LogP) is 3.76. The van der Waals surface area contributed by atoms with Crippen LogP contribution in [0.3, 0.4) is 0 Å². The predicted molar refractivity (Wildman–Crippen MR) is 101 cm³/mol. The first-order valence-electron chi connectivity index (χ1n) is 8.42. The van der Waals surface area contributed by atoms with Crippen LogP contribution in [0.2, 0.25) is 0 Å². The van der Waals surface area contributed by atoms with Gasteiger partial charge in [-0.1, -0.05) is 30.3 Å². The molecule has 0 unspecified atom stereocenters. The van der Waals surface area contributed by atoms with Crippen LogP contribution >= 0.6 is 11.8 Å². The SMILES string of the molecule is O=C(CCSc1ccc2ccccc2n1)NCc1ccc2c(c1)OCO2. The normalized spacial score (nSPS) is 12.3. The Kier molecular flexibility index (Phi) is 4.93. The fourth-order valence-corrected chi connectivity index (χ4v) is 3.54. The minimum Gasteiger partial charge on any atom is -0.454 e. The largest absolute Gasteiger partial charge is 0.454 e. The number of pyridine rings is 1. The number of thioether (sulfide) groups is 1. The maximum Gasteiger partial charge on any atom is 0.231 e. The van der Waals surface area contributed by atoms with Gasteiger partial charge in [0.2, 0.25) is 12.7 Å². The molecule has 1 amide bonds. The van der Waals surface area contributed by atoms with Crippen molar-refractivity contribution in [1.82, 2.24) is 10.3 Å². The summed E-state index contributed by atoms with van der Waals surface area (Å²) in [7, 11) is 0. The highest BCUT2D eigenvalue weighted by Gasteiger charge is 2.13. The molecule has 0 spiro atoms. The van der Waals surface area contributed by atoms with Crippen LogP contribution in [0.15, 0.2) is 59.6 Å². The Labute approximate surface area is 155 Å². The van der Waals surface area contributed by atoms with Gasteiger partial charge in [0, 0.05) is 24.1 Å². The second-order valence-electron chi connectivity index (χ2n) is 5.90. The molecule has 0 saturated heterocycles. The second-order valence-corrected chi connectivity index (χ2v) is 7.02. The molecule has 0 saturated carbocycles. The summed E-state index contributed by atoms with van der Waals surface area (Å²) in [5, 5.41) is 5.00. The number of hydrogen-bond donors (Lipinski definition) is 1. The third-order valence-corrected chi connectivity index (χ3v) is 5.01. The van der Waals surface area contributed by atoms with Crippen LogP contribution < -0.4 is 14.8 Å². The van der Waals surface area contributed by atoms with Crippen LogP contribution in [-0.2, 0) is 11.3 Å². The Bertz CT molecular complexity index is 945. The van der Waals surface area contributed by atoms with Gasteiger partial charge in [0.25, 0.3) is 0 Å². The summed E-state index contributed by atoms with van der Waals surface area (Å²) in [6.45, 7) is 0.736. The monoisotopic (exact) mass is 366 g/mol. The van der Waals surface area contributed by atoms with Crippen LogP contribution in [0, 0.1) is 0 Å². The van der Waals surface area contributed by atoms with E-state index in [1.165, 1.54) is 0 Å². The first-order chi connectivity index (χ1) is 12.8. The quantitative estimate of drug-likeness (QED) is 0.673. The van der Waals surface area contributed by atoms with Crippen molar-refractivity contribution in [3.05, 3.63) is 60.2 Å². The van der Waals surface area contributed by atoms with Gasteiger partial charge in [-0.2, -0.15) is 0 Å². The van der Waals surface area contributed by atoms with E-state index in [1.807, 2.05) is 48.5 Å². The van der Waals surface area contributed by atoms with Crippen molar-refractivity contribution in [3.63, 3.8) is 0 Å². The smallest absolute Gasteiger partial charge is 0.231 e. The zero-order valence-corrected chi connectivity index (χ0v) is 14.9. The summed E-state index contributed by atoms with van der Waals surface area (Å²) in [4.78, 5) is 16.7. The van der Waals surface area contributed by atoms with E-state index in [9.17, 15) is 4.79 Å². The van der Waals surface area contributed by atoms with Gasteiger partial charge in [0.15, 0.2) is 11.5 Å². The van der Waals surface area contributed by atoms with E-state index in [-0.39, 0.29) is 12.7 Å². The molecule has 1 aromatic heterocycles. The van der Waals surface area contributed by atoms with Crippen LogP contribution in [-0.4, -0.2) is 23.4 Å². The zero-order valence-electron chi connectivity index (χ0n) is 14.1. The molecule has 1 N–H and O–H groups in total. The standard InChI is InChI=1S/C20H18N2O3S/c23-19(21-12-14-5-7-17-18(11-14)25-13-24-17)9-10-26-20-8-6-15-3-1-2-4-16(15)22-20/h1-8,11H,9-10,12-13H2,(H,21,23). The number of amides is 1. The molecule has 1 aliphatic heterocycles. The number of carbonyl (C=O) groups is 1. The van der Waals surface area contributed by atoms with E-state index in [0.717, 1.165) is 33.0 Å². The number of fused-ring (bicyclic) bond motifs is 2. The lowest BCUT2D eigenvalue weighted by molar-refractivity contribution is -0.120. The molecule has 1 aliphatic rings. The van der Waals surface area contributed by atoms with E-state index >= 15 is 0 Å². The van der Waals surface area contributed by atoms with Gasteiger partial charge >= 0.3 is 0 Å². The molecule has 4 rings (SSSR count). The third-order valence-electron chi connectivity index (χ3n) is 4.08. The van der Waals surface area contributed by atoms with Crippen LogP contribution in [0.1, 0.15) is 12.0 Å². The molecule has 2 aromatic carbocycles. The van der Waals surface area contributed by atoms with E-state index in [4.69, 9.17) is 9.47 Å². The first kappa shape index (κ1) is 16.7. The molecule has 0 radical (unpaired) electrons. The van der Waals surface area contributed by atoms with Gasteiger partial charge in [-0.15, -0.1) is 11.8 Å². The van der Waals surface area contributed by atoms with Crippen LogP contribution in [0.25, 0.3) is 10.9 Å². The number of nitrogens with one attached hydrogen (secondary N) is 1. The van der Waals surface area contributed by atoms with Crippen LogP contribution in [0.4, 0.5) is 0 Å². The minimum absolute atomic E-state index is 0.0240. The number of carbonyl (C=O) groups excluding carboxylic acids is 1. The first-order valence-corrected chi connectivity index (χ1v) is 9.40. The van der Waals surface area contributed by atoms with Crippen molar-refractivity contribution in [2.24, 2.45) is 0 Å². The van der Waals surface area contributed by atoms with Crippen molar-refractivity contribution in [2.75, 3.05) is 12.5 Å². The Morgan fingerprint density at radius 3 is 2.92 bits per heavy atom. The van der Waals surface area contributed by atoms with Crippen molar-refractivity contribution in [2.45, 2.75) is 18.0 Å². The number of hydrogen-bond acceptors (Lipinski definition) is 5. The van der Waals surface area contributed by atoms with Crippen molar-refractivity contribution >= 4 is 28.6 Å². The number of benzene rings is 2. The lowest BCUT2D eigenvalue weighted by Gasteiger charge is -2.06. The molecule has 0 aliphatic carbocycles. The van der Waals surface area contributed by atoms with E-state index < -0.39 is 0 Å². The molecule has 0 atom stereocenters. The van der Waals surface area contributed by atoms with Gasteiger partial charge in [0.05, 0.1) is 10.5 Å². The maximum absolute atomic E-state index is 12.1. The summed E-state index contributed by atoms with van der Waals surface area (Å²) in [5.74, 6) is 2.20. The summed E-state index contributed by atoms with van der Waals surface area (Å²) in [6.07, 6.45) is 0.448. The molecule has 132 valence electrons. The lowest BCUT2D eigenvalue weighted by atomic mass is 10.2. The molecule has 2 heterocycles. The molecular weight excluding hydrogens is 348 g/mol. The van der Waals surface area contributed by atoms with Crippen molar-refractivity contribution in [3.8, 4) is 11.5 Å². The molecular formula is C20H18N2O3S. The lowest BCUT2D eigenvalue weighted by Crippen LogP contribution is -2.22. The maximum atomic E-state index is 12.1. The Morgan fingerprint density at radius 1 is 1.08 bits per heavy atom. The van der Waals surface area contributed by atoms with E-state index in [1.54, 1.807) is 11.8 Å². The Morgan fingerprint density at radius 2 is 1.96 bits per heavy atom. The molecule has 0 fully saturated rings.